The van der Waals surface area contributed by atoms with Crippen LogP contribution < -0.4 is 0 Å². The monoisotopic (exact) mass is 446 g/mol. The first-order valence-electron chi connectivity index (χ1n) is 10.1. The Bertz CT molecular complexity index is 802. The maximum absolute atomic E-state index is 4.61. The smallest absolute Gasteiger partial charge is 0.298 e. The molecule has 0 amide bonds. The second-order valence-corrected chi connectivity index (χ2v) is 7.79. The molecule has 0 aliphatic carbocycles. The molecule has 161 valence electrons. The minimum absolute atomic E-state index is 0. The number of aryl methyl sites for hydroxylation is 6. The fourth-order valence-electron chi connectivity index (χ4n) is 3.75. The summed E-state index contributed by atoms with van der Waals surface area (Å²) in [6.07, 6.45) is 0. The van der Waals surface area contributed by atoms with E-state index in [0.717, 1.165) is 56.4 Å². The van der Waals surface area contributed by atoms with Gasteiger partial charge < -0.3 is 0 Å². The quantitative estimate of drug-likeness (QED) is 0.474. The molecule has 0 fully saturated rings. The van der Waals surface area contributed by atoms with Crippen molar-refractivity contribution in [3.8, 4) is 0 Å². The number of hydrogen-bond donors (Lipinski definition) is 0. The van der Waals surface area contributed by atoms with Crippen molar-refractivity contribution in [3.05, 3.63) is 52.4 Å². The van der Waals surface area contributed by atoms with E-state index in [9.17, 15) is 0 Å². The van der Waals surface area contributed by atoms with Crippen molar-refractivity contribution in [2.45, 2.75) is 61.2 Å². The Hall–Kier alpha value is -1.89. The van der Waals surface area contributed by atoms with E-state index in [4.69, 9.17) is 0 Å². The minimum atomic E-state index is 0. The Kier molecular flexibility index (Phi) is 8.25. The minimum Gasteiger partial charge on any atom is -0.298 e. The van der Waals surface area contributed by atoms with E-state index in [-0.39, 0.29) is 17.1 Å². The van der Waals surface area contributed by atoms with Gasteiger partial charge in [-0.25, -0.2) is 0 Å². The second-order valence-electron chi connectivity index (χ2n) is 7.79. The average Bonchev–Trinajstić information content (AvgIpc) is 3.23. The van der Waals surface area contributed by atoms with Gasteiger partial charge in [0.2, 0.25) is 0 Å². The second kappa shape index (κ2) is 10.2. The Morgan fingerprint density at radius 2 is 0.862 bits per heavy atom. The topological polar surface area (TPSA) is 56.7 Å². The van der Waals surface area contributed by atoms with Gasteiger partial charge in [-0.1, -0.05) is 0 Å². The first-order valence-corrected chi connectivity index (χ1v) is 10.1. The molecule has 0 aliphatic rings. The molecule has 0 spiro atoms. The summed E-state index contributed by atoms with van der Waals surface area (Å²) in [7, 11) is 0. The molecule has 29 heavy (non-hydrogen) atoms. The van der Waals surface area contributed by atoms with E-state index >= 15 is 0 Å². The van der Waals surface area contributed by atoms with E-state index in [1.165, 1.54) is 17.1 Å². The van der Waals surface area contributed by atoms with Crippen LogP contribution in [0.4, 0.5) is 0 Å². The van der Waals surface area contributed by atoms with Gasteiger partial charge in [0, 0.05) is 36.7 Å². The van der Waals surface area contributed by atoms with Crippen LogP contribution in [0.15, 0.2) is 18.2 Å². The van der Waals surface area contributed by atoms with Crippen LogP contribution in [0.5, 0.6) is 0 Å². The van der Waals surface area contributed by atoms with Crippen LogP contribution in [0.2, 0.25) is 0 Å². The van der Waals surface area contributed by atoms with E-state index < -0.39 is 0 Å². The molecule has 3 rings (SSSR count). The molecule has 3 heterocycles. The Labute approximate surface area is 184 Å². The van der Waals surface area contributed by atoms with Gasteiger partial charge in [0.1, 0.15) is 0 Å². The maximum Gasteiger partial charge on any atom is 2.00 e. The SMILES string of the molecule is Cc1cc(C)n(CCN(CCn2nc(C)cc2C)CCn2nc(C)cc2C)n1.[Cu+2]. The van der Waals surface area contributed by atoms with Crippen molar-refractivity contribution in [3.63, 3.8) is 0 Å². The van der Waals surface area contributed by atoms with Crippen LogP contribution in [0.25, 0.3) is 0 Å². The molecule has 0 unspecified atom stereocenters. The summed E-state index contributed by atoms with van der Waals surface area (Å²) >= 11 is 0. The third-order valence-electron chi connectivity index (χ3n) is 5.19. The molecule has 0 bridgehead atoms. The van der Waals surface area contributed by atoms with Crippen LogP contribution in [-0.2, 0) is 36.7 Å². The molecular formula is C21H33CuN7+2. The van der Waals surface area contributed by atoms with Gasteiger partial charge in [-0.15, -0.1) is 0 Å². The predicted molar refractivity (Wildman–Crippen MR) is 112 cm³/mol. The van der Waals surface area contributed by atoms with Crippen LogP contribution in [0, 0.1) is 41.5 Å². The van der Waals surface area contributed by atoms with Crippen LogP contribution in [-0.4, -0.2) is 53.9 Å². The van der Waals surface area contributed by atoms with Crippen molar-refractivity contribution in [2.24, 2.45) is 0 Å². The van der Waals surface area contributed by atoms with Gasteiger partial charge in [0.05, 0.1) is 36.7 Å². The molecule has 0 saturated carbocycles. The van der Waals surface area contributed by atoms with Crippen molar-refractivity contribution in [2.75, 3.05) is 19.6 Å². The average molecular weight is 447 g/mol. The first kappa shape index (κ1) is 23.4. The zero-order valence-electron chi connectivity index (χ0n) is 18.4. The van der Waals surface area contributed by atoms with Gasteiger partial charge in [-0.3, -0.25) is 18.9 Å². The number of hydrogen-bond acceptors (Lipinski definition) is 4. The zero-order chi connectivity index (χ0) is 20.3. The molecular weight excluding hydrogens is 414 g/mol. The van der Waals surface area contributed by atoms with Gasteiger partial charge in [0.15, 0.2) is 0 Å². The Morgan fingerprint density at radius 3 is 1.07 bits per heavy atom. The van der Waals surface area contributed by atoms with E-state index in [0.29, 0.717) is 0 Å². The molecule has 0 saturated heterocycles. The standard InChI is InChI=1S/C21H33N7.Cu/c1-16-13-19(4)26(22-16)10-7-25(8-11-27-20(5)14-17(2)23-27)9-12-28-21(6)15-18(3)24-28;/h13-15H,7-12H2,1-6H3;/q;+2. The van der Waals surface area contributed by atoms with Crippen molar-refractivity contribution in [1.82, 2.24) is 34.2 Å². The molecule has 3 aromatic heterocycles. The fraction of sp³-hybridized carbons (Fsp3) is 0.571. The molecule has 0 atom stereocenters. The summed E-state index contributed by atoms with van der Waals surface area (Å²) in [4.78, 5) is 2.49. The molecule has 3 aromatic rings. The largest absolute Gasteiger partial charge is 2.00 e. The molecule has 0 aromatic carbocycles. The van der Waals surface area contributed by atoms with Gasteiger partial charge >= 0.3 is 17.1 Å². The number of nitrogens with zero attached hydrogens (tertiary/aromatic N) is 7. The van der Waals surface area contributed by atoms with E-state index in [1.807, 2.05) is 20.8 Å². The number of aromatic nitrogens is 6. The molecule has 0 N–H and O–H groups in total. The number of rotatable bonds is 9. The third-order valence-corrected chi connectivity index (χ3v) is 5.19. The van der Waals surface area contributed by atoms with Crippen LogP contribution in [0.3, 0.4) is 0 Å². The summed E-state index contributed by atoms with van der Waals surface area (Å²) in [5, 5.41) is 13.8. The summed E-state index contributed by atoms with van der Waals surface area (Å²) < 4.78 is 6.32. The van der Waals surface area contributed by atoms with E-state index in [1.54, 1.807) is 0 Å². The summed E-state index contributed by atoms with van der Waals surface area (Å²) in [6.45, 7) is 18.1. The van der Waals surface area contributed by atoms with Crippen molar-refractivity contribution in [1.29, 1.82) is 0 Å². The van der Waals surface area contributed by atoms with Gasteiger partial charge in [-0.2, -0.15) is 15.3 Å². The molecule has 1 radical (unpaired) electrons. The fourth-order valence-corrected chi connectivity index (χ4v) is 3.75. The predicted octanol–water partition coefficient (Wildman–Crippen LogP) is 2.83. The van der Waals surface area contributed by atoms with Gasteiger partial charge in [-0.05, 0) is 59.7 Å². The Balaban J connectivity index is 0.00000300. The maximum atomic E-state index is 4.61. The van der Waals surface area contributed by atoms with E-state index in [2.05, 4.69) is 73.2 Å². The molecule has 0 aliphatic heterocycles. The molecule has 8 heteroatoms. The molecule has 7 nitrogen and oxygen atoms in total. The van der Waals surface area contributed by atoms with Crippen LogP contribution >= 0.6 is 0 Å². The normalized spacial score (nSPS) is 11.3. The first-order chi connectivity index (χ1) is 13.3. The third kappa shape index (κ3) is 6.29. The van der Waals surface area contributed by atoms with Crippen LogP contribution in [0.1, 0.15) is 34.2 Å². The Morgan fingerprint density at radius 1 is 0.586 bits per heavy atom. The zero-order valence-corrected chi connectivity index (χ0v) is 19.3. The van der Waals surface area contributed by atoms with Crippen molar-refractivity contribution >= 4 is 0 Å². The van der Waals surface area contributed by atoms with Gasteiger partial charge in [0.25, 0.3) is 0 Å². The summed E-state index contributed by atoms with van der Waals surface area (Å²) in [5.74, 6) is 0. The van der Waals surface area contributed by atoms with Crippen molar-refractivity contribution < 1.29 is 17.1 Å². The summed E-state index contributed by atoms with van der Waals surface area (Å²) in [6, 6.07) is 6.41. The summed E-state index contributed by atoms with van der Waals surface area (Å²) in [5.41, 5.74) is 6.89.